The minimum atomic E-state index is -3.92. The van der Waals surface area contributed by atoms with Gasteiger partial charge in [0.25, 0.3) is 11.8 Å². The Labute approximate surface area is 247 Å². The summed E-state index contributed by atoms with van der Waals surface area (Å²) in [6, 6.07) is 17.6. The summed E-state index contributed by atoms with van der Waals surface area (Å²) < 4.78 is 5.40. The number of benzene rings is 3. The largest absolute Gasteiger partial charge is 0.325 e. The molecule has 3 aromatic rings. The van der Waals surface area contributed by atoms with Gasteiger partial charge in [0.1, 0.15) is 0 Å². The fourth-order valence-corrected chi connectivity index (χ4v) is 5.42. The van der Waals surface area contributed by atoms with Crippen LogP contribution in [0.3, 0.4) is 0 Å². The van der Waals surface area contributed by atoms with E-state index in [-0.39, 0.29) is 11.8 Å². The smallest absolute Gasteiger partial charge is 0.322 e. The first-order valence-electron chi connectivity index (χ1n) is 13.4. The van der Waals surface area contributed by atoms with Crippen molar-refractivity contribution in [3.8, 4) is 0 Å². The van der Waals surface area contributed by atoms with E-state index in [1.807, 2.05) is 59.7 Å². The normalized spacial score (nSPS) is 14.4. The van der Waals surface area contributed by atoms with Gasteiger partial charge in [0.2, 0.25) is 0 Å². The molecule has 0 saturated carbocycles. The summed E-state index contributed by atoms with van der Waals surface area (Å²) in [7, 11) is 0. The van der Waals surface area contributed by atoms with Crippen LogP contribution in [0.15, 0.2) is 60.7 Å². The molecule has 7 nitrogen and oxygen atoms in total. The minimum absolute atomic E-state index is 0.218. The molecule has 10 heteroatoms. The highest BCUT2D eigenvalue weighted by Crippen LogP contribution is 2.48. The van der Waals surface area contributed by atoms with E-state index < -0.39 is 12.8 Å². The molecule has 1 atom stereocenters. The van der Waals surface area contributed by atoms with E-state index in [2.05, 4.69) is 17.1 Å². The van der Waals surface area contributed by atoms with E-state index in [0.717, 1.165) is 5.56 Å². The molecule has 3 N–H and O–H groups in total. The van der Waals surface area contributed by atoms with E-state index in [9.17, 15) is 19.4 Å². The van der Waals surface area contributed by atoms with Crippen LogP contribution in [-0.2, 0) is 16.3 Å². The average Bonchev–Trinajstić information content (AvgIpc) is 3.09. The third-order valence-corrected chi connectivity index (χ3v) is 7.11. The van der Waals surface area contributed by atoms with Gasteiger partial charge in [-0.25, -0.2) is 0 Å². The molecule has 1 unspecified atom stereocenters. The van der Waals surface area contributed by atoms with E-state index in [0.29, 0.717) is 58.0 Å². The molecule has 4 rings (SSSR count). The van der Waals surface area contributed by atoms with Crippen molar-refractivity contribution in [2.24, 2.45) is 0 Å². The summed E-state index contributed by atoms with van der Waals surface area (Å²) in [5.74, 6) is -0.440. The Morgan fingerprint density at radius 1 is 0.975 bits per heavy atom. The number of rotatable bonds is 5. The second kappa shape index (κ2) is 15.4. The molecular formula is C30H38ClN2O5PS. The molecule has 0 aliphatic carbocycles. The summed E-state index contributed by atoms with van der Waals surface area (Å²) in [6.07, 6.45) is 0.304. The molecule has 1 heterocycles. The van der Waals surface area contributed by atoms with Crippen molar-refractivity contribution in [1.29, 1.82) is 0 Å². The standard InChI is InChI=1S/C26H26ClN2O5PS.2C2H6/c1-16-6-3-4-7-20(16)25(30)28-19-10-11-21(17(2)14-19)26(31)29-13-5-8-24(34-35(32,33)36)22-15-18(27)9-12-23(22)29;2*1-2/h3-4,6-7,9-12,14-15,24H,5,8,13H2,1-2H3,(H,28,30)(H2,32,33,36);2*1-2H3. The number of nitrogens with one attached hydrogen (secondary N) is 1. The second-order valence-electron chi connectivity index (χ2n) is 8.69. The molecule has 0 saturated heterocycles. The van der Waals surface area contributed by atoms with E-state index in [1.165, 1.54) is 0 Å². The highest BCUT2D eigenvalue weighted by molar-refractivity contribution is 8.06. The lowest BCUT2D eigenvalue weighted by molar-refractivity contribution is 0.0984. The van der Waals surface area contributed by atoms with Gasteiger partial charge in [-0.2, -0.15) is 0 Å². The first-order chi connectivity index (χ1) is 19.0. The number of amides is 2. The van der Waals surface area contributed by atoms with Crippen molar-refractivity contribution >= 4 is 53.3 Å². The molecule has 0 fully saturated rings. The van der Waals surface area contributed by atoms with Gasteiger partial charge in [-0.15, -0.1) is 0 Å². The van der Waals surface area contributed by atoms with Crippen molar-refractivity contribution < 1.29 is 23.9 Å². The zero-order valence-corrected chi connectivity index (χ0v) is 26.2. The fraction of sp³-hybridized carbons (Fsp3) is 0.333. The molecule has 0 spiro atoms. The Balaban J connectivity index is 0.00000134. The lowest BCUT2D eigenvalue weighted by Crippen LogP contribution is -2.32. The zero-order valence-electron chi connectivity index (χ0n) is 23.8. The third kappa shape index (κ3) is 8.71. The van der Waals surface area contributed by atoms with Crippen molar-refractivity contribution in [2.75, 3.05) is 16.8 Å². The SMILES string of the molecule is CC.CC.Cc1ccccc1C(=O)Nc1ccc(C(=O)N2CCCC(OP(O)(O)=S)c3cc(Cl)ccc32)c(C)c1. The molecule has 216 valence electrons. The number of carbonyl (C=O) groups is 2. The fourth-order valence-electron chi connectivity index (χ4n) is 4.38. The van der Waals surface area contributed by atoms with Crippen LogP contribution in [0.1, 0.15) is 84.0 Å². The topological polar surface area (TPSA) is 99.1 Å². The molecule has 0 aromatic heterocycles. The highest BCUT2D eigenvalue weighted by Gasteiger charge is 2.31. The summed E-state index contributed by atoms with van der Waals surface area (Å²) in [4.78, 5) is 47.5. The van der Waals surface area contributed by atoms with Gasteiger partial charge in [0, 0.05) is 39.6 Å². The predicted octanol–water partition coefficient (Wildman–Crippen LogP) is 7.97. The highest BCUT2D eigenvalue weighted by atomic mass is 35.5. The lowest BCUT2D eigenvalue weighted by Gasteiger charge is -2.25. The predicted molar refractivity (Wildman–Crippen MR) is 168 cm³/mol. The van der Waals surface area contributed by atoms with Gasteiger partial charge in [-0.3, -0.25) is 9.59 Å². The Kier molecular flexibility index (Phi) is 13.0. The number of nitrogens with zero attached hydrogens (tertiary/aromatic N) is 1. The average molecular weight is 605 g/mol. The summed E-state index contributed by atoms with van der Waals surface area (Å²) in [5, 5.41) is 3.33. The van der Waals surface area contributed by atoms with Gasteiger partial charge < -0.3 is 24.5 Å². The van der Waals surface area contributed by atoms with Gasteiger partial charge >= 0.3 is 6.72 Å². The molecular weight excluding hydrogens is 567 g/mol. The lowest BCUT2D eigenvalue weighted by atomic mass is 10.0. The number of hydrogen-bond acceptors (Lipinski definition) is 4. The quantitative estimate of drug-likeness (QED) is 0.255. The molecule has 0 bridgehead atoms. The van der Waals surface area contributed by atoms with Crippen LogP contribution in [0, 0.1) is 13.8 Å². The van der Waals surface area contributed by atoms with Crippen molar-refractivity contribution in [1.82, 2.24) is 0 Å². The molecule has 1 aliphatic rings. The maximum absolute atomic E-state index is 13.7. The number of halogens is 1. The minimum Gasteiger partial charge on any atom is -0.325 e. The molecule has 0 radical (unpaired) electrons. The maximum Gasteiger partial charge on any atom is 0.322 e. The molecule has 2 amide bonds. The maximum atomic E-state index is 13.7. The molecule has 3 aromatic carbocycles. The number of hydrogen-bond donors (Lipinski definition) is 3. The first-order valence-corrected chi connectivity index (χ1v) is 16.4. The number of anilines is 2. The van der Waals surface area contributed by atoms with E-state index in [1.54, 1.807) is 47.4 Å². The zero-order chi connectivity index (χ0) is 30.0. The summed E-state index contributed by atoms with van der Waals surface area (Å²) >= 11 is 10.9. The van der Waals surface area contributed by atoms with Gasteiger partial charge in [0.05, 0.1) is 6.10 Å². The summed E-state index contributed by atoms with van der Waals surface area (Å²) in [5.41, 5.74) is 4.39. The van der Waals surface area contributed by atoms with Crippen LogP contribution in [-0.4, -0.2) is 28.1 Å². The Bertz CT molecular complexity index is 1380. The van der Waals surface area contributed by atoms with Gasteiger partial charge in [0.15, 0.2) is 0 Å². The van der Waals surface area contributed by atoms with Crippen LogP contribution in [0.2, 0.25) is 5.02 Å². The Hall–Kier alpha value is -2.58. The van der Waals surface area contributed by atoms with Crippen LogP contribution in [0.4, 0.5) is 11.4 Å². The monoisotopic (exact) mass is 604 g/mol. The third-order valence-electron chi connectivity index (χ3n) is 6.09. The van der Waals surface area contributed by atoms with Crippen molar-refractivity contribution in [3.63, 3.8) is 0 Å². The van der Waals surface area contributed by atoms with Crippen LogP contribution in [0.5, 0.6) is 0 Å². The first kappa shape index (κ1) is 33.6. The van der Waals surface area contributed by atoms with Gasteiger partial charge in [-0.1, -0.05) is 57.5 Å². The second-order valence-corrected chi connectivity index (χ2v) is 11.7. The van der Waals surface area contributed by atoms with Crippen LogP contribution in [0.25, 0.3) is 0 Å². The molecule has 40 heavy (non-hydrogen) atoms. The van der Waals surface area contributed by atoms with Crippen molar-refractivity contribution in [3.05, 3.63) is 93.5 Å². The number of carbonyl (C=O) groups excluding carboxylic acids is 2. The number of fused-ring (bicyclic) bond motifs is 1. The van der Waals surface area contributed by atoms with E-state index in [4.69, 9.17) is 16.1 Å². The van der Waals surface area contributed by atoms with E-state index >= 15 is 0 Å². The van der Waals surface area contributed by atoms with Crippen molar-refractivity contribution in [2.45, 2.75) is 60.5 Å². The Morgan fingerprint density at radius 3 is 2.27 bits per heavy atom. The Morgan fingerprint density at radius 2 is 1.65 bits per heavy atom. The van der Waals surface area contributed by atoms with Crippen LogP contribution >= 0.6 is 18.3 Å². The summed E-state index contributed by atoms with van der Waals surface area (Å²) in [6.45, 7) is 8.17. The number of aryl methyl sites for hydroxylation is 2. The molecule has 1 aliphatic heterocycles. The van der Waals surface area contributed by atoms with Gasteiger partial charge in [-0.05, 0) is 92.1 Å². The van der Waals surface area contributed by atoms with Crippen LogP contribution < -0.4 is 10.2 Å².